The van der Waals surface area contributed by atoms with Crippen molar-refractivity contribution in [3.63, 3.8) is 0 Å². The number of carbonyl (C=O) groups is 1. The van der Waals surface area contributed by atoms with Gasteiger partial charge >= 0.3 is 0 Å². The maximum Gasteiger partial charge on any atom is 0.226 e. The van der Waals surface area contributed by atoms with Gasteiger partial charge in [0.15, 0.2) is 0 Å². The van der Waals surface area contributed by atoms with Crippen LogP contribution in [0.3, 0.4) is 0 Å². The predicted octanol–water partition coefficient (Wildman–Crippen LogP) is 3.31. The van der Waals surface area contributed by atoms with Crippen LogP contribution in [0.4, 0.5) is 0 Å². The fraction of sp³-hybridized carbons (Fsp3) is 0.714. The van der Waals surface area contributed by atoms with Crippen molar-refractivity contribution >= 4 is 17.2 Å². The Labute approximate surface area is 112 Å². The minimum absolute atomic E-state index is 0.261. The van der Waals surface area contributed by atoms with Gasteiger partial charge in [-0.05, 0) is 32.6 Å². The number of carbonyl (C=O) groups excluding carboxylic acids is 1. The molecule has 1 atom stereocenters. The number of amides is 1. The molecule has 1 saturated heterocycles. The largest absolute Gasteiger partial charge is 0.333 e. The molecule has 0 N–H and O–H groups in total. The van der Waals surface area contributed by atoms with E-state index in [4.69, 9.17) is 0 Å². The van der Waals surface area contributed by atoms with Crippen LogP contribution in [0, 0.1) is 12.8 Å². The second-order valence-corrected chi connectivity index (χ2v) is 6.39. The van der Waals surface area contributed by atoms with Crippen molar-refractivity contribution in [2.24, 2.45) is 5.92 Å². The minimum atomic E-state index is 0.261. The number of hydrogen-bond acceptors (Lipinski definition) is 3. The molecule has 2 aliphatic rings. The van der Waals surface area contributed by atoms with Crippen LogP contribution in [0.1, 0.15) is 55.3 Å². The van der Waals surface area contributed by atoms with Gasteiger partial charge in [-0.15, -0.1) is 11.3 Å². The molecule has 2 fully saturated rings. The minimum Gasteiger partial charge on any atom is -0.333 e. The number of likely N-dealkylation sites (tertiary alicyclic amines) is 1. The van der Waals surface area contributed by atoms with Crippen LogP contribution in [0.15, 0.2) is 5.38 Å². The number of aryl methyl sites for hydroxylation is 1. The Morgan fingerprint density at radius 3 is 2.78 bits per heavy atom. The van der Waals surface area contributed by atoms with E-state index in [9.17, 15) is 4.79 Å². The lowest BCUT2D eigenvalue weighted by molar-refractivity contribution is -0.136. The molecule has 2 heterocycles. The van der Waals surface area contributed by atoms with E-state index in [1.165, 1.54) is 12.8 Å². The zero-order valence-corrected chi connectivity index (χ0v) is 11.7. The lowest BCUT2D eigenvalue weighted by atomic mass is 10.1. The first-order valence-corrected chi connectivity index (χ1v) is 7.86. The van der Waals surface area contributed by atoms with Crippen molar-refractivity contribution < 1.29 is 4.79 Å². The van der Waals surface area contributed by atoms with Crippen LogP contribution in [0.25, 0.3) is 0 Å². The molecule has 3 rings (SSSR count). The molecule has 0 radical (unpaired) electrons. The molecule has 1 aromatic heterocycles. The molecule has 0 spiro atoms. The molecule has 0 aromatic carbocycles. The highest BCUT2D eigenvalue weighted by atomic mass is 32.1. The van der Waals surface area contributed by atoms with Crippen molar-refractivity contribution in [1.29, 1.82) is 0 Å². The first-order valence-electron chi connectivity index (χ1n) is 6.98. The molecular weight excluding hydrogens is 244 g/mol. The number of thiazole rings is 1. The quantitative estimate of drug-likeness (QED) is 0.821. The van der Waals surface area contributed by atoms with Gasteiger partial charge in [-0.25, -0.2) is 4.98 Å². The van der Waals surface area contributed by atoms with Crippen LogP contribution in [0.2, 0.25) is 0 Å². The summed E-state index contributed by atoms with van der Waals surface area (Å²) in [6.45, 7) is 2.96. The highest BCUT2D eigenvalue weighted by molar-refractivity contribution is 7.09. The highest BCUT2D eigenvalue weighted by Gasteiger charge is 2.36. The van der Waals surface area contributed by atoms with Crippen LogP contribution < -0.4 is 0 Å². The normalized spacial score (nSPS) is 24.9. The van der Waals surface area contributed by atoms with Gasteiger partial charge in [0.1, 0.15) is 5.01 Å². The Morgan fingerprint density at radius 1 is 1.33 bits per heavy atom. The van der Waals surface area contributed by atoms with Crippen molar-refractivity contribution in [2.75, 3.05) is 6.54 Å². The Morgan fingerprint density at radius 2 is 2.11 bits per heavy atom. The van der Waals surface area contributed by atoms with Crippen LogP contribution in [-0.4, -0.2) is 22.3 Å². The third-order valence-electron chi connectivity index (χ3n) is 4.16. The molecule has 98 valence electrons. The van der Waals surface area contributed by atoms with E-state index in [0.29, 0.717) is 11.8 Å². The molecule has 1 amide bonds. The summed E-state index contributed by atoms with van der Waals surface area (Å²) in [7, 11) is 0. The van der Waals surface area contributed by atoms with E-state index < -0.39 is 0 Å². The second kappa shape index (κ2) is 5.00. The first kappa shape index (κ1) is 12.2. The summed E-state index contributed by atoms with van der Waals surface area (Å²) in [5.74, 6) is 0.689. The summed E-state index contributed by atoms with van der Waals surface area (Å²) < 4.78 is 0. The molecule has 1 aromatic rings. The fourth-order valence-corrected chi connectivity index (χ4v) is 4.16. The Hall–Kier alpha value is -0.900. The molecule has 1 aliphatic heterocycles. The maximum atomic E-state index is 12.5. The average Bonchev–Trinajstić information content (AvgIpc) is 3.09. The van der Waals surface area contributed by atoms with E-state index in [-0.39, 0.29) is 6.04 Å². The van der Waals surface area contributed by atoms with Gasteiger partial charge in [0, 0.05) is 23.5 Å². The topological polar surface area (TPSA) is 33.2 Å². The molecule has 1 unspecified atom stereocenters. The average molecular weight is 264 g/mol. The Kier molecular flexibility index (Phi) is 3.37. The van der Waals surface area contributed by atoms with Crippen LogP contribution >= 0.6 is 11.3 Å². The molecule has 1 saturated carbocycles. The Balaban J connectivity index is 1.76. The van der Waals surface area contributed by atoms with Gasteiger partial charge in [0.05, 0.1) is 6.04 Å². The van der Waals surface area contributed by atoms with Crippen molar-refractivity contribution in [3.05, 3.63) is 16.1 Å². The zero-order chi connectivity index (χ0) is 12.5. The van der Waals surface area contributed by atoms with Gasteiger partial charge in [0.2, 0.25) is 5.91 Å². The second-order valence-electron chi connectivity index (χ2n) is 5.50. The summed E-state index contributed by atoms with van der Waals surface area (Å²) in [4.78, 5) is 19.2. The zero-order valence-electron chi connectivity index (χ0n) is 10.9. The van der Waals surface area contributed by atoms with E-state index >= 15 is 0 Å². The Bertz CT molecular complexity index is 437. The van der Waals surface area contributed by atoms with Crippen LogP contribution in [-0.2, 0) is 4.79 Å². The molecule has 0 bridgehead atoms. The van der Waals surface area contributed by atoms with Gasteiger partial charge < -0.3 is 4.90 Å². The third kappa shape index (κ3) is 2.18. The summed E-state index contributed by atoms with van der Waals surface area (Å²) in [5, 5.41) is 3.22. The van der Waals surface area contributed by atoms with Gasteiger partial charge in [-0.3, -0.25) is 4.79 Å². The van der Waals surface area contributed by atoms with E-state index in [0.717, 1.165) is 42.9 Å². The van der Waals surface area contributed by atoms with E-state index in [1.54, 1.807) is 11.3 Å². The number of nitrogens with zero attached hydrogens (tertiary/aromatic N) is 2. The lowest BCUT2D eigenvalue weighted by Gasteiger charge is -2.26. The van der Waals surface area contributed by atoms with Gasteiger partial charge in [0.25, 0.3) is 0 Å². The highest BCUT2D eigenvalue weighted by Crippen LogP contribution is 2.37. The molecular formula is C14H20N2OS. The molecule has 4 heteroatoms. The van der Waals surface area contributed by atoms with Crippen LogP contribution in [0.5, 0.6) is 0 Å². The summed E-state index contributed by atoms with van der Waals surface area (Å²) in [6.07, 6.45) is 6.86. The summed E-state index contributed by atoms with van der Waals surface area (Å²) in [6, 6.07) is 0.261. The van der Waals surface area contributed by atoms with Crippen molar-refractivity contribution in [2.45, 2.75) is 51.5 Å². The number of aromatic nitrogens is 1. The smallest absolute Gasteiger partial charge is 0.226 e. The first-order chi connectivity index (χ1) is 8.75. The standard InChI is InChI=1S/C14H20N2OS/c1-10-9-18-13(15-10)12-7-4-8-16(12)14(17)11-5-2-3-6-11/h9,11-12H,2-8H2,1H3. The van der Waals surface area contributed by atoms with Gasteiger partial charge in [-0.2, -0.15) is 0 Å². The van der Waals surface area contributed by atoms with Crippen molar-refractivity contribution in [3.8, 4) is 0 Å². The van der Waals surface area contributed by atoms with E-state index in [2.05, 4.69) is 15.3 Å². The molecule has 18 heavy (non-hydrogen) atoms. The fourth-order valence-electron chi connectivity index (χ4n) is 3.22. The van der Waals surface area contributed by atoms with E-state index in [1.807, 2.05) is 6.92 Å². The number of rotatable bonds is 2. The predicted molar refractivity (Wildman–Crippen MR) is 72.5 cm³/mol. The third-order valence-corrected chi connectivity index (χ3v) is 5.23. The summed E-state index contributed by atoms with van der Waals surface area (Å²) >= 11 is 1.71. The number of hydrogen-bond donors (Lipinski definition) is 0. The maximum absolute atomic E-state index is 12.5. The van der Waals surface area contributed by atoms with Gasteiger partial charge in [-0.1, -0.05) is 12.8 Å². The van der Waals surface area contributed by atoms with Crippen molar-refractivity contribution in [1.82, 2.24) is 9.88 Å². The SMILES string of the molecule is Cc1csc(C2CCCN2C(=O)C2CCCC2)n1. The molecule has 3 nitrogen and oxygen atoms in total. The lowest BCUT2D eigenvalue weighted by Crippen LogP contribution is -2.34. The molecule has 1 aliphatic carbocycles. The summed E-state index contributed by atoms with van der Waals surface area (Å²) in [5.41, 5.74) is 1.08. The monoisotopic (exact) mass is 264 g/mol.